The highest BCUT2D eigenvalue weighted by Crippen LogP contribution is 2.19. The predicted octanol–water partition coefficient (Wildman–Crippen LogP) is 3.25. The second kappa shape index (κ2) is 10.9. The fraction of sp³-hybridized carbons (Fsp3) is 0.522. The van der Waals surface area contributed by atoms with Crippen LogP contribution in [0.3, 0.4) is 0 Å². The van der Waals surface area contributed by atoms with E-state index in [-0.39, 0.29) is 11.9 Å². The number of morpholine rings is 1. The van der Waals surface area contributed by atoms with Gasteiger partial charge in [-0.15, -0.1) is 0 Å². The number of amides is 1. The lowest BCUT2D eigenvalue weighted by molar-refractivity contribution is -0.122. The number of benzene rings is 1. The van der Waals surface area contributed by atoms with Gasteiger partial charge in [0.2, 0.25) is 5.91 Å². The molecule has 0 saturated carbocycles. The van der Waals surface area contributed by atoms with E-state index < -0.39 is 0 Å². The second-order valence-corrected chi connectivity index (χ2v) is 8.58. The fourth-order valence-electron chi connectivity index (χ4n) is 3.74. The van der Waals surface area contributed by atoms with Gasteiger partial charge in [0, 0.05) is 37.4 Å². The molecule has 0 radical (unpaired) electrons. The Morgan fingerprint density at radius 2 is 1.77 bits per heavy atom. The molecular weight excluding hydrogens is 396 g/mol. The van der Waals surface area contributed by atoms with Crippen molar-refractivity contribution in [2.75, 3.05) is 39.1 Å². The molecule has 1 fully saturated rings. The van der Waals surface area contributed by atoms with Gasteiger partial charge in [-0.2, -0.15) is 0 Å². The van der Waals surface area contributed by atoms with E-state index in [4.69, 9.17) is 4.74 Å². The van der Waals surface area contributed by atoms with E-state index in [0.717, 1.165) is 60.5 Å². The number of hydrogen-bond donors (Lipinski definition) is 1. The standard InChI is InChI=1S/C23H32N4O2S/c1-16-5-7-19(8-6-16)21(15-27-11-13-29-14-12-27)26-22(28)10-9-20-17(2)24-23(30-4)25-18(20)3/h5-8,21H,9-15H2,1-4H3,(H,26,28)/t21-/m1/s1. The number of rotatable bonds is 8. The minimum atomic E-state index is -0.0338. The topological polar surface area (TPSA) is 67.4 Å². The van der Waals surface area contributed by atoms with E-state index in [1.807, 2.05) is 20.1 Å². The van der Waals surface area contributed by atoms with Gasteiger partial charge in [-0.1, -0.05) is 41.6 Å². The van der Waals surface area contributed by atoms with Crippen molar-refractivity contribution in [1.29, 1.82) is 0 Å². The summed E-state index contributed by atoms with van der Waals surface area (Å²) < 4.78 is 5.47. The van der Waals surface area contributed by atoms with Crippen LogP contribution < -0.4 is 5.32 Å². The Bertz CT molecular complexity index is 828. The van der Waals surface area contributed by atoms with Gasteiger partial charge in [-0.25, -0.2) is 9.97 Å². The van der Waals surface area contributed by atoms with E-state index >= 15 is 0 Å². The molecule has 0 bridgehead atoms. The number of ether oxygens (including phenoxy) is 1. The molecule has 2 aromatic rings. The first-order chi connectivity index (χ1) is 14.5. The smallest absolute Gasteiger partial charge is 0.220 e. The van der Waals surface area contributed by atoms with Crippen molar-refractivity contribution in [3.63, 3.8) is 0 Å². The Kier molecular flexibility index (Phi) is 8.24. The van der Waals surface area contributed by atoms with E-state index in [1.54, 1.807) is 0 Å². The first-order valence-electron chi connectivity index (χ1n) is 10.5. The molecule has 1 aliphatic heterocycles. The lowest BCUT2D eigenvalue weighted by Crippen LogP contribution is -2.43. The number of nitrogens with one attached hydrogen (secondary N) is 1. The molecule has 1 N–H and O–H groups in total. The number of aromatic nitrogens is 2. The van der Waals surface area contributed by atoms with Crippen LogP contribution in [-0.4, -0.2) is 59.9 Å². The normalized spacial score (nSPS) is 15.7. The van der Waals surface area contributed by atoms with Gasteiger partial charge in [0.1, 0.15) is 0 Å². The molecule has 1 atom stereocenters. The average Bonchev–Trinajstić information content (AvgIpc) is 2.74. The molecule has 1 aromatic heterocycles. The summed E-state index contributed by atoms with van der Waals surface area (Å²) in [5.41, 5.74) is 5.35. The molecule has 1 aromatic carbocycles. The lowest BCUT2D eigenvalue weighted by Gasteiger charge is -2.31. The van der Waals surface area contributed by atoms with Crippen LogP contribution in [0.5, 0.6) is 0 Å². The van der Waals surface area contributed by atoms with Crippen LogP contribution in [0, 0.1) is 20.8 Å². The first-order valence-corrected chi connectivity index (χ1v) is 11.7. The van der Waals surface area contributed by atoms with Gasteiger partial charge in [-0.05, 0) is 44.6 Å². The van der Waals surface area contributed by atoms with Crippen LogP contribution in [0.1, 0.15) is 40.5 Å². The fourth-order valence-corrected chi connectivity index (χ4v) is 4.20. The zero-order chi connectivity index (χ0) is 21.5. The molecule has 6 nitrogen and oxygen atoms in total. The number of hydrogen-bond acceptors (Lipinski definition) is 6. The van der Waals surface area contributed by atoms with Crippen molar-refractivity contribution < 1.29 is 9.53 Å². The molecule has 30 heavy (non-hydrogen) atoms. The summed E-state index contributed by atoms with van der Waals surface area (Å²) in [6.45, 7) is 10.2. The van der Waals surface area contributed by atoms with Crippen LogP contribution in [0.2, 0.25) is 0 Å². The van der Waals surface area contributed by atoms with Crippen molar-refractivity contribution in [3.05, 3.63) is 52.3 Å². The third-order valence-electron chi connectivity index (χ3n) is 5.54. The SMILES string of the molecule is CSc1nc(C)c(CCC(=O)N[C@H](CN2CCOCC2)c2ccc(C)cc2)c(C)n1. The van der Waals surface area contributed by atoms with Crippen molar-refractivity contribution in [3.8, 4) is 0 Å². The summed E-state index contributed by atoms with van der Waals surface area (Å²) in [4.78, 5) is 24.3. The molecule has 0 spiro atoms. The molecule has 1 aliphatic rings. The highest BCUT2D eigenvalue weighted by molar-refractivity contribution is 7.98. The Hall–Kier alpha value is -1.96. The minimum absolute atomic E-state index is 0.0338. The number of aryl methyl sites for hydroxylation is 3. The molecule has 0 aliphatic carbocycles. The van der Waals surface area contributed by atoms with Gasteiger partial charge in [0.25, 0.3) is 0 Å². The molecule has 1 amide bonds. The van der Waals surface area contributed by atoms with E-state index in [9.17, 15) is 4.79 Å². The third kappa shape index (κ3) is 6.27. The summed E-state index contributed by atoms with van der Waals surface area (Å²) in [7, 11) is 0. The van der Waals surface area contributed by atoms with Gasteiger partial charge in [0.15, 0.2) is 5.16 Å². The maximum absolute atomic E-state index is 12.9. The Labute approximate surface area is 183 Å². The van der Waals surface area contributed by atoms with Crippen LogP contribution in [-0.2, 0) is 16.0 Å². The first kappa shape index (κ1) is 22.7. The molecule has 7 heteroatoms. The quantitative estimate of drug-likeness (QED) is 0.514. The van der Waals surface area contributed by atoms with E-state index in [1.165, 1.54) is 17.3 Å². The van der Waals surface area contributed by atoms with Crippen LogP contribution in [0.25, 0.3) is 0 Å². The molecule has 162 valence electrons. The Morgan fingerprint density at radius 1 is 1.13 bits per heavy atom. The number of carbonyl (C=O) groups excluding carboxylic acids is 1. The van der Waals surface area contributed by atoms with Gasteiger partial charge in [-0.3, -0.25) is 9.69 Å². The number of thioether (sulfide) groups is 1. The summed E-state index contributed by atoms with van der Waals surface area (Å²) in [6, 6.07) is 8.40. The van der Waals surface area contributed by atoms with Crippen LogP contribution >= 0.6 is 11.8 Å². The zero-order valence-corrected chi connectivity index (χ0v) is 19.2. The largest absolute Gasteiger partial charge is 0.379 e. The molecule has 3 rings (SSSR count). The summed E-state index contributed by atoms with van der Waals surface area (Å²) >= 11 is 1.54. The minimum Gasteiger partial charge on any atom is -0.379 e. The second-order valence-electron chi connectivity index (χ2n) is 7.80. The van der Waals surface area contributed by atoms with Crippen LogP contribution in [0.15, 0.2) is 29.4 Å². The summed E-state index contributed by atoms with van der Waals surface area (Å²) in [5.74, 6) is 0.0570. The molecule has 0 unspecified atom stereocenters. The maximum Gasteiger partial charge on any atom is 0.220 e. The van der Waals surface area contributed by atoms with Crippen molar-refractivity contribution in [2.45, 2.75) is 44.8 Å². The van der Waals surface area contributed by atoms with Gasteiger partial charge < -0.3 is 10.1 Å². The van der Waals surface area contributed by atoms with Gasteiger partial charge >= 0.3 is 0 Å². The Balaban J connectivity index is 1.66. The zero-order valence-electron chi connectivity index (χ0n) is 18.4. The van der Waals surface area contributed by atoms with Gasteiger partial charge in [0.05, 0.1) is 19.3 Å². The van der Waals surface area contributed by atoms with Crippen molar-refractivity contribution in [2.24, 2.45) is 0 Å². The summed E-state index contributed by atoms with van der Waals surface area (Å²) in [6.07, 6.45) is 3.05. The number of carbonyl (C=O) groups is 1. The monoisotopic (exact) mass is 428 g/mol. The van der Waals surface area contributed by atoms with E-state index in [0.29, 0.717) is 12.8 Å². The highest BCUT2D eigenvalue weighted by atomic mass is 32.2. The highest BCUT2D eigenvalue weighted by Gasteiger charge is 2.20. The molecular formula is C23H32N4O2S. The Morgan fingerprint density at radius 3 is 2.37 bits per heavy atom. The predicted molar refractivity (Wildman–Crippen MR) is 121 cm³/mol. The van der Waals surface area contributed by atoms with Crippen molar-refractivity contribution >= 4 is 17.7 Å². The average molecular weight is 429 g/mol. The lowest BCUT2D eigenvalue weighted by atomic mass is 10.0. The number of nitrogens with zero attached hydrogens (tertiary/aromatic N) is 3. The molecule has 1 saturated heterocycles. The third-order valence-corrected chi connectivity index (χ3v) is 6.09. The maximum atomic E-state index is 12.9. The van der Waals surface area contributed by atoms with Crippen molar-refractivity contribution in [1.82, 2.24) is 20.2 Å². The van der Waals surface area contributed by atoms with E-state index in [2.05, 4.69) is 51.4 Å². The molecule has 2 heterocycles. The summed E-state index contributed by atoms with van der Waals surface area (Å²) in [5, 5.41) is 4.05. The van der Waals surface area contributed by atoms with Crippen LogP contribution in [0.4, 0.5) is 0 Å².